The van der Waals surface area contributed by atoms with Crippen LogP contribution in [0.3, 0.4) is 0 Å². The van der Waals surface area contributed by atoms with Crippen LogP contribution in [0.15, 0.2) is 30.3 Å². The molecule has 0 aliphatic carbocycles. The van der Waals surface area contributed by atoms with Crippen molar-refractivity contribution in [1.82, 2.24) is 0 Å². The molecule has 0 heterocycles. The molecular weight excluding hydrogens is 547 g/mol. The fourth-order valence-electron chi connectivity index (χ4n) is 0.933. The summed E-state index contributed by atoms with van der Waals surface area (Å²) in [5.74, 6) is -1.32. The van der Waals surface area contributed by atoms with Gasteiger partial charge in [-0.2, -0.15) is 0 Å². The van der Waals surface area contributed by atoms with E-state index in [9.17, 15) is 9.90 Å². The maximum Gasteiger partial charge on any atom is 3.00 e. The fraction of sp³-hybridized carbons (Fsp3) is 0.611. The maximum atomic E-state index is 10.2. The van der Waals surface area contributed by atoms with Crippen molar-refractivity contribution in [3.63, 3.8) is 0 Å². The molecule has 1 rings (SSSR count). The number of carboxylic acids is 1. The molecule has 0 aliphatic heterocycles. The largest absolute Gasteiger partial charge is 3.00 e. The number of benzene rings is 1. The third-order valence-electron chi connectivity index (χ3n) is 1.57. The Bertz CT molecular complexity index is 369. The van der Waals surface area contributed by atoms with Gasteiger partial charge in [0, 0.05) is 66.0 Å². The van der Waals surface area contributed by atoms with Crippen LogP contribution >= 0.6 is 23.8 Å². The van der Waals surface area contributed by atoms with Gasteiger partial charge in [0.2, 0.25) is 0 Å². The van der Waals surface area contributed by atoms with Gasteiger partial charge in [0.05, 0.1) is 0 Å². The van der Waals surface area contributed by atoms with Crippen molar-refractivity contribution in [1.29, 1.82) is 0 Å². The fourth-order valence-corrected chi connectivity index (χ4v) is 0.933. The van der Waals surface area contributed by atoms with Gasteiger partial charge in [-0.1, -0.05) is 36.4 Å². The molecule has 0 radical (unpaired) electrons. The minimum absolute atomic E-state index is 0. The molecule has 3 nitrogen and oxygen atoms in total. The van der Waals surface area contributed by atoms with E-state index >= 15 is 0 Å². The first-order valence-electron chi connectivity index (χ1n) is 8.16. The number of aliphatic carboxylic acids is 1. The summed E-state index contributed by atoms with van der Waals surface area (Å²) in [5, 5.41) is 10.2. The van der Waals surface area contributed by atoms with Crippen LogP contribution in [0.1, 0.15) is 5.56 Å². The molecule has 25 heavy (non-hydrogen) atoms. The molecular formula is C18H39IrNO2P3+4. The van der Waals surface area contributed by atoms with E-state index in [1.54, 1.807) is 12.1 Å². The molecule has 0 bridgehead atoms. The molecule has 0 aromatic heterocycles. The smallest absolute Gasteiger partial charge is 0.670 e. The Morgan fingerprint density at radius 2 is 1.16 bits per heavy atom. The van der Waals surface area contributed by atoms with Gasteiger partial charge in [-0.3, -0.25) is 0 Å². The number of carbonyl (C=O) groups is 1. The van der Waals surface area contributed by atoms with Crippen molar-refractivity contribution < 1.29 is 30.0 Å². The first-order valence-corrected chi connectivity index (χ1v) is 17.2. The molecule has 1 atom stereocenters. The Balaban J connectivity index is -0.000000142. The summed E-state index contributed by atoms with van der Waals surface area (Å²) in [5.41, 5.74) is 7.95. The van der Waals surface area contributed by atoms with E-state index in [0.29, 0.717) is 0 Å². The SMILES string of the molecule is C[PH+](C)C.C[PH+](C)C.C[PH+](C)C.[Ir+3].[NH-]C(Cc1ccccc1)C(=O)[O-]. The summed E-state index contributed by atoms with van der Waals surface area (Å²) in [6.45, 7) is 20.4. The maximum absolute atomic E-state index is 10.2. The summed E-state index contributed by atoms with van der Waals surface area (Å²) in [7, 11) is 0.361. The molecule has 0 saturated carbocycles. The second kappa shape index (κ2) is 22.6. The molecule has 148 valence electrons. The van der Waals surface area contributed by atoms with Crippen LogP contribution in [-0.4, -0.2) is 72.0 Å². The molecule has 0 fully saturated rings. The molecule has 0 spiro atoms. The minimum Gasteiger partial charge on any atom is -0.670 e. The van der Waals surface area contributed by atoms with E-state index in [1.165, 1.54) is 0 Å². The van der Waals surface area contributed by atoms with Crippen molar-refractivity contribution >= 4 is 29.7 Å². The average molecular weight is 587 g/mol. The monoisotopic (exact) mass is 587 g/mol. The van der Waals surface area contributed by atoms with Gasteiger partial charge in [-0.25, -0.2) is 0 Å². The Hall–Kier alpha value is 0.589. The van der Waals surface area contributed by atoms with Gasteiger partial charge >= 0.3 is 20.1 Å². The molecule has 7 heteroatoms. The number of carbonyl (C=O) groups excluding carboxylic acids is 1. The normalized spacial score (nSPS) is 10.3. The molecule has 1 unspecified atom stereocenters. The van der Waals surface area contributed by atoms with Gasteiger partial charge in [0.25, 0.3) is 0 Å². The van der Waals surface area contributed by atoms with E-state index in [-0.39, 0.29) is 50.3 Å². The van der Waals surface area contributed by atoms with Gasteiger partial charge in [-0.05, 0) is 35.7 Å². The zero-order chi connectivity index (χ0) is 19.7. The first-order chi connectivity index (χ1) is 10.9. The predicted molar refractivity (Wildman–Crippen MR) is 122 cm³/mol. The average Bonchev–Trinajstić information content (AvgIpc) is 2.37. The van der Waals surface area contributed by atoms with Gasteiger partial charge < -0.3 is 15.6 Å². The quantitative estimate of drug-likeness (QED) is 0.508. The number of carboxylic acid groups (broad SMARTS) is 1. The van der Waals surface area contributed by atoms with Crippen LogP contribution in [-0.2, 0) is 31.3 Å². The summed E-state index contributed by atoms with van der Waals surface area (Å²) < 4.78 is 0. The number of nitrogens with one attached hydrogen (secondary N) is 1. The molecule has 1 aromatic carbocycles. The van der Waals surface area contributed by atoms with Crippen LogP contribution in [0.5, 0.6) is 0 Å². The van der Waals surface area contributed by atoms with E-state index in [2.05, 4.69) is 60.0 Å². The third kappa shape index (κ3) is 45.6. The number of rotatable bonds is 3. The number of hydrogen-bond acceptors (Lipinski definition) is 2. The Morgan fingerprint density at radius 1 is 0.880 bits per heavy atom. The molecule has 0 amide bonds. The second-order valence-electron chi connectivity index (χ2n) is 7.06. The Kier molecular flexibility index (Phi) is 30.0. The second-order valence-corrected chi connectivity index (χ2v) is 16.1. The zero-order valence-corrected chi connectivity index (χ0v) is 22.7. The summed E-state index contributed by atoms with van der Waals surface area (Å²) in [6.07, 6.45) is 0.211. The van der Waals surface area contributed by atoms with Crippen LogP contribution in [0.25, 0.3) is 5.73 Å². The van der Waals surface area contributed by atoms with Crippen LogP contribution < -0.4 is 5.11 Å². The Labute approximate surface area is 173 Å². The molecule has 0 aliphatic rings. The van der Waals surface area contributed by atoms with Crippen molar-refractivity contribution in [2.45, 2.75) is 12.5 Å². The van der Waals surface area contributed by atoms with Crippen molar-refractivity contribution in [3.05, 3.63) is 41.6 Å². The van der Waals surface area contributed by atoms with E-state index in [4.69, 9.17) is 5.73 Å². The number of hydrogen-bond donors (Lipinski definition) is 0. The molecule has 0 saturated heterocycles. The summed E-state index contributed by atoms with van der Waals surface area (Å²) in [4.78, 5) is 10.2. The van der Waals surface area contributed by atoms with Crippen molar-refractivity contribution in [2.24, 2.45) is 0 Å². The zero-order valence-electron chi connectivity index (χ0n) is 17.3. The van der Waals surface area contributed by atoms with Crippen LogP contribution in [0, 0.1) is 0 Å². The van der Waals surface area contributed by atoms with Gasteiger partial charge in [0.15, 0.2) is 0 Å². The predicted octanol–water partition coefficient (Wildman–Crippen LogP) is 3.67. The molecule has 1 aromatic rings. The third-order valence-corrected chi connectivity index (χ3v) is 1.57. The Morgan fingerprint density at radius 3 is 1.40 bits per heavy atom. The van der Waals surface area contributed by atoms with E-state index in [0.717, 1.165) is 5.56 Å². The van der Waals surface area contributed by atoms with Crippen LogP contribution in [0.2, 0.25) is 0 Å². The van der Waals surface area contributed by atoms with Gasteiger partial charge in [-0.15, -0.1) is 0 Å². The van der Waals surface area contributed by atoms with Crippen molar-refractivity contribution in [3.8, 4) is 0 Å². The van der Waals surface area contributed by atoms with Gasteiger partial charge in [0.1, 0.15) is 0 Å². The summed E-state index contributed by atoms with van der Waals surface area (Å²) in [6, 6.07) is 7.91. The van der Waals surface area contributed by atoms with E-state index in [1.807, 2.05) is 18.2 Å². The minimum atomic E-state index is -1.32. The standard InChI is InChI=1S/C9H10NO2.3C3H9P.Ir/c10-8(9(11)12)6-7-4-2-1-3-5-7;3*1-4(2)3;/h1-5,8,10H,6H2,(H,11,12);3*1-3H3;/q-1;;;;+3/p+2. The van der Waals surface area contributed by atoms with E-state index < -0.39 is 12.0 Å². The molecule has 1 N–H and O–H groups in total. The topological polar surface area (TPSA) is 63.9 Å². The summed E-state index contributed by atoms with van der Waals surface area (Å²) >= 11 is 0. The first kappa shape index (κ1) is 33.2. The van der Waals surface area contributed by atoms with Crippen molar-refractivity contribution in [2.75, 3.05) is 60.0 Å². The van der Waals surface area contributed by atoms with Crippen LogP contribution in [0.4, 0.5) is 0 Å².